The number of nitrogens with one attached hydrogen (secondary N) is 1. The Morgan fingerprint density at radius 2 is 1.72 bits per heavy atom. The summed E-state index contributed by atoms with van der Waals surface area (Å²) in [5, 5.41) is 2.99. The lowest BCUT2D eigenvalue weighted by Crippen LogP contribution is -2.34. The molecule has 0 radical (unpaired) electrons. The second kappa shape index (κ2) is 10.2. The normalized spacial score (nSPS) is 13.2. The number of benzene rings is 2. The lowest BCUT2D eigenvalue weighted by Gasteiger charge is -2.22. The number of ether oxygens (including phenoxy) is 3. The molecule has 156 valence electrons. The second-order valence-corrected chi connectivity index (χ2v) is 7.06. The van der Waals surface area contributed by atoms with Gasteiger partial charge in [0.2, 0.25) is 5.91 Å². The van der Waals surface area contributed by atoms with Gasteiger partial charge in [0.15, 0.2) is 11.5 Å². The lowest BCUT2D eigenvalue weighted by atomic mass is 10.2. The van der Waals surface area contributed by atoms with Gasteiger partial charge < -0.3 is 19.5 Å². The van der Waals surface area contributed by atoms with Crippen molar-refractivity contribution in [1.82, 2.24) is 4.90 Å². The summed E-state index contributed by atoms with van der Waals surface area (Å²) in [5.74, 6) is 2.14. The molecule has 1 amide bonds. The monoisotopic (exact) mass is 398 g/mol. The molecule has 6 nitrogen and oxygen atoms in total. The van der Waals surface area contributed by atoms with Crippen LogP contribution in [0, 0.1) is 0 Å². The highest BCUT2D eigenvalue weighted by atomic mass is 16.5. The molecule has 0 aromatic heterocycles. The Hall–Kier alpha value is -2.73. The highest BCUT2D eigenvalue weighted by Gasteiger charge is 2.30. The van der Waals surface area contributed by atoms with Crippen molar-refractivity contribution in [2.75, 3.05) is 32.2 Å². The van der Waals surface area contributed by atoms with Gasteiger partial charge in [-0.2, -0.15) is 0 Å². The minimum atomic E-state index is -0.0305. The molecule has 0 bridgehead atoms. The largest absolute Gasteiger partial charge is 0.497 e. The number of hydrogen-bond donors (Lipinski definition) is 1. The zero-order valence-electron chi connectivity index (χ0n) is 17.4. The summed E-state index contributed by atoms with van der Waals surface area (Å²) in [4.78, 5) is 14.9. The van der Waals surface area contributed by atoms with E-state index in [9.17, 15) is 4.79 Å². The molecule has 1 saturated carbocycles. The molecule has 3 rings (SSSR count). The van der Waals surface area contributed by atoms with Crippen molar-refractivity contribution in [3.63, 3.8) is 0 Å². The van der Waals surface area contributed by atoms with Crippen LogP contribution in [0.25, 0.3) is 0 Å². The fourth-order valence-electron chi connectivity index (χ4n) is 3.23. The Labute approximate surface area is 172 Å². The quantitative estimate of drug-likeness (QED) is 0.618. The van der Waals surface area contributed by atoms with Gasteiger partial charge in [-0.15, -0.1) is 0 Å². The van der Waals surface area contributed by atoms with E-state index in [1.165, 1.54) is 5.56 Å². The molecule has 1 aliphatic carbocycles. The van der Waals surface area contributed by atoms with E-state index < -0.39 is 0 Å². The molecule has 1 fully saturated rings. The molecule has 1 N–H and O–H groups in total. The predicted octanol–water partition coefficient (Wildman–Crippen LogP) is 4.10. The van der Waals surface area contributed by atoms with Gasteiger partial charge in [0.05, 0.1) is 26.9 Å². The molecular formula is C23H30N2O4. The minimum absolute atomic E-state index is 0.0305. The third kappa shape index (κ3) is 6.12. The molecular weight excluding hydrogens is 368 g/mol. The average Bonchev–Trinajstić information content (AvgIpc) is 3.56. The van der Waals surface area contributed by atoms with Gasteiger partial charge in [-0.3, -0.25) is 9.69 Å². The van der Waals surface area contributed by atoms with Gasteiger partial charge >= 0.3 is 0 Å². The van der Waals surface area contributed by atoms with Crippen LogP contribution in [0.1, 0.15) is 32.3 Å². The standard InChI is InChI=1S/C23H30N2O4/c1-4-28-21-13-8-18(14-22(21)29-5-2)24-23(26)16-25(19-9-10-19)15-17-6-11-20(27-3)12-7-17/h6-8,11-14,19H,4-5,9-10,15-16H2,1-3H3,(H,24,26). The van der Waals surface area contributed by atoms with Crippen LogP contribution in [0.5, 0.6) is 17.2 Å². The van der Waals surface area contributed by atoms with Crippen LogP contribution in [-0.2, 0) is 11.3 Å². The zero-order valence-corrected chi connectivity index (χ0v) is 17.4. The van der Waals surface area contributed by atoms with Crippen LogP contribution < -0.4 is 19.5 Å². The number of amides is 1. The van der Waals surface area contributed by atoms with Crippen molar-refractivity contribution in [3.05, 3.63) is 48.0 Å². The first-order valence-electron chi connectivity index (χ1n) is 10.2. The molecule has 0 saturated heterocycles. The number of nitrogens with zero attached hydrogens (tertiary/aromatic N) is 1. The highest BCUT2D eigenvalue weighted by Crippen LogP contribution is 2.31. The SMILES string of the molecule is CCOc1ccc(NC(=O)CN(Cc2ccc(OC)cc2)C2CC2)cc1OCC. The summed E-state index contributed by atoms with van der Waals surface area (Å²) < 4.78 is 16.4. The van der Waals surface area contributed by atoms with Crippen LogP contribution in [0.2, 0.25) is 0 Å². The first kappa shape index (κ1) is 21.0. The van der Waals surface area contributed by atoms with Crippen LogP contribution in [0.15, 0.2) is 42.5 Å². The third-order valence-corrected chi connectivity index (χ3v) is 4.78. The summed E-state index contributed by atoms with van der Waals surface area (Å²) in [6.45, 7) is 6.06. The Kier molecular flexibility index (Phi) is 7.36. The Balaban J connectivity index is 1.62. The maximum absolute atomic E-state index is 12.7. The molecule has 0 unspecified atom stereocenters. The van der Waals surface area contributed by atoms with Gasteiger partial charge in [-0.25, -0.2) is 0 Å². The Bertz CT molecular complexity index is 803. The second-order valence-electron chi connectivity index (χ2n) is 7.06. The average molecular weight is 399 g/mol. The molecule has 6 heteroatoms. The van der Waals surface area contributed by atoms with Crippen LogP contribution in [-0.4, -0.2) is 43.7 Å². The van der Waals surface area contributed by atoms with Gasteiger partial charge in [-0.1, -0.05) is 12.1 Å². The van der Waals surface area contributed by atoms with Crippen molar-refractivity contribution in [2.24, 2.45) is 0 Å². The molecule has 0 atom stereocenters. The van der Waals surface area contributed by atoms with Crippen LogP contribution >= 0.6 is 0 Å². The Morgan fingerprint density at radius 1 is 1.03 bits per heavy atom. The van der Waals surface area contributed by atoms with E-state index in [0.29, 0.717) is 43.0 Å². The number of methoxy groups -OCH3 is 1. The maximum Gasteiger partial charge on any atom is 0.238 e. The molecule has 29 heavy (non-hydrogen) atoms. The molecule has 0 heterocycles. The third-order valence-electron chi connectivity index (χ3n) is 4.78. The molecule has 0 spiro atoms. The Morgan fingerprint density at radius 3 is 2.34 bits per heavy atom. The fourth-order valence-corrected chi connectivity index (χ4v) is 3.23. The van der Waals surface area contributed by atoms with Crippen molar-refractivity contribution < 1.29 is 19.0 Å². The first-order valence-corrected chi connectivity index (χ1v) is 10.2. The lowest BCUT2D eigenvalue weighted by molar-refractivity contribution is -0.117. The highest BCUT2D eigenvalue weighted by molar-refractivity contribution is 5.92. The molecule has 2 aromatic carbocycles. The van der Waals surface area contributed by atoms with E-state index in [1.54, 1.807) is 7.11 Å². The number of carbonyl (C=O) groups excluding carboxylic acids is 1. The number of anilines is 1. The first-order chi connectivity index (χ1) is 14.1. The summed E-state index contributed by atoms with van der Waals surface area (Å²) in [5.41, 5.74) is 1.88. The number of carbonyl (C=O) groups is 1. The van der Waals surface area contributed by atoms with E-state index in [0.717, 1.165) is 25.1 Å². The van der Waals surface area contributed by atoms with Gasteiger partial charge in [0.1, 0.15) is 5.75 Å². The van der Waals surface area contributed by atoms with E-state index in [2.05, 4.69) is 10.2 Å². The molecule has 0 aliphatic heterocycles. The van der Waals surface area contributed by atoms with Crippen LogP contribution in [0.3, 0.4) is 0 Å². The summed E-state index contributed by atoms with van der Waals surface area (Å²) in [7, 11) is 1.66. The summed E-state index contributed by atoms with van der Waals surface area (Å²) >= 11 is 0. The van der Waals surface area contributed by atoms with E-state index >= 15 is 0 Å². The van der Waals surface area contributed by atoms with Crippen molar-refractivity contribution >= 4 is 11.6 Å². The predicted molar refractivity (Wildman–Crippen MR) is 114 cm³/mol. The van der Waals surface area contributed by atoms with Gasteiger partial charge in [0, 0.05) is 24.3 Å². The van der Waals surface area contributed by atoms with Crippen molar-refractivity contribution in [3.8, 4) is 17.2 Å². The smallest absolute Gasteiger partial charge is 0.238 e. The molecule has 1 aliphatic rings. The summed E-state index contributed by atoms with van der Waals surface area (Å²) in [6, 6.07) is 14.0. The number of hydrogen-bond acceptors (Lipinski definition) is 5. The summed E-state index contributed by atoms with van der Waals surface area (Å²) in [6.07, 6.45) is 2.28. The minimum Gasteiger partial charge on any atom is -0.497 e. The van der Waals surface area contributed by atoms with E-state index in [4.69, 9.17) is 14.2 Å². The van der Waals surface area contributed by atoms with Gasteiger partial charge in [-0.05, 0) is 56.5 Å². The van der Waals surface area contributed by atoms with Crippen molar-refractivity contribution in [2.45, 2.75) is 39.3 Å². The van der Waals surface area contributed by atoms with E-state index in [1.807, 2.05) is 56.3 Å². The topological polar surface area (TPSA) is 60.0 Å². The van der Waals surface area contributed by atoms with Crippen molar-refractivity contribution in [1.29, 1.82) is 0 Å². The maximum atomic E-state index is 12.7. The van der Waals surface area contributed by atoms with E-state index in [-0.39, 0.29) is 5.91 Å². The molecule has 2 aromatic rings. The van der Waals surface area contributed by atoms with Gasteiger partial charge in [0.25, 0.3) is 0 Å². The van der Waals surface area contributed by atoms with Crippen LogP contribution in [0.4, 0.5) is 5.69 Å². The zero-order chi connectivity index (χ0) is 20.6. The fraction of sp³-hybridized carbons (Fsp3) is 0.435. The number of rotatable bonds is 11.